The molecule has 0 unspecified atom stereocenters. The van der Waals surface area contributed by atoms with Crippen LogP contribution in [-0.4, -0.2) is 16.7 Å². The zero-order valence-corrected chi connectivity index (χ0v) is 10.1. The second-order valence-electron chi connectivity index (χ2n) is 4.78. The molecule has 0 bridgehead atoms. The molecule has 1 aliphatic heterocycles. The molecule has 0 spiro atoms. The van der Waals surface area contributed by atoms with Crippen molar-refractivity contribution in [2.75, 3.05) is 12.3 Å². The van der Waals surface area contributed by atoms with Crippen LogP contribution >= 0.6 is 0 Å². The van der Waals surface area contributed by atoms with Crippen molar-refractivity contribution >= 4 is 16.9 Å². The molecule has 2 aromatic rings. The monoisotopic (exact) mass is 232 g/mol. The van der Waals surface area contributed by atoms with E-state index in [-0.39, 0.29) is 0 Å². The van der Waals surface area contributed by atoms with Crippen LogP contribution in [0.2, 0.25) is 0 Å². The van der Waals surface area contributed by atoms with E-state index in [0.717, 1.165) is 30.6 Å². The molecule has 0 saturated carbocycles. The van der Waals surface area contributed by atoms with E-state index in [4.69, 9.17) is 10.3 Å². The average Bonchev–Trinajstić information content (AvgIpc) is 2.70. The Morgan fingerprint density at radius 3 is 2.94 bits per heavy atom. The molecule has 0 radical (unpaired) electrons. The fourth-order valence-corrected chi connectivity index (χ4v) is 2.51. The van der Waals surface area contributed by atoms with Crippen molar-refractivity contribution in [1.29, 1.82) is 0 Å². The highest BCUT2D eigenvalue weighted by Crippen LogP contribution is 2.32. The molecule has 5 heteroatoms. The third-order valence-electron chi connectivity index (χ3n) is 3.30. The lowest BCUT2D eigenvalue weighted by Crippen LogP contribution is -2.25. The van der Waals surface area contributed by atoms with Gasteiger partial charge >= 0.3 is 0 Å². The number of fused-ring (bicyclic) bond motifs is 3. The summed E-state index contributed by atoms with van der Waals surface area (Å²) in [7, 11) is 0. The molecule has 3 N–H and O–H groups in total. The molecular weight excluding hydrogens is 216 g/mol. The summed E-state index contributed by atoms with van der Waals surface area (Å²) in [5.74, 6) is 0.834. The minimum atomic E-state index is 0.387. The van der Waals surface area contributed by atoms with E-state index in [1.807, 2.05) is 0 Å². The summed E-state index contributed by atoms with van der Waals surface area (Å²) in [6.45, 7) is 6.11. The zero-order valence-electron chi connectivity index (χ0n) is 10.1. The minimum absolute atomic E-state index is 0.387. The summed E-state index contributed by atoms with van der Waals surface area (Å²) in [6, 6.07) is 0. The van der Waals surface area contributed by atoms with Crippen LogP contribution in [0.15, 0.2) is 4.52 Å². The summed E-state index contributed by atoms with van der Waals surface area (Å²) < 4.78 is 5.19. The Kier molecular flexibility index (Phi) is 2.29. The van der Waals surface area contributed by atoms with Gasteiger partial charge in [-0.3, -0.25) is 0 Å². The van der Waals surface area contributed by atoms with Gasteiger partial charge in [-0.2, -0.15) is 0 Å². The largest absolute Gasteiger partial charge is 0.380 e. The number of nitrogens with one attached hydrogen (secondary N) is 1. The van der Waals surface area contributed by atoms with Crippen molar-refractivity contribution in [2.45, 2.75) is 32.7 Å². The Morgan fingerprint density at radius 2 is 2.18 bits per heavy atom. The van der Waals surface area contributed by atoms with Gasteiger partial charge in [-0.15, -0.1) is 0 Å². The molecule has 3 heterocycles. The Bertz CT molecular complexity index is 573. The first-order valence-electron chi connectivity index (χ1n) is 5.95. The van der Waals surface area contributed by atoms with Crippen LogP contribution < -0.4 is 11.1 Å². The maximum Gasteiger partial charge on any atom is 0.260 e. The second-order valence-corrected chi connectivity index (χ2v) is 4.78. The summed E-state index contributed by atoms with van der Waals surface area (Å²) in [5.41, 5.74) is 10.1. The molecule has 0 aliphatic carbocycles. The van der Waals surface area contributed by atoms with Crippen molar-refractivity contribution in [2.24, 2.45) is 0 Å². The quantitative estimate of drug-likeness (QED) is 0.780. The lowest BCUT2D eigenvalue weighted by molar-refractivity contribution is 0.450. The van der Waals surface area contributed by atoms with Gasteiger partial charge in [0.15, 0.2) is 5.82 Å². The zero-order chi connectivity index (χ0) is 12.0. The van der Waals surface area contributed by atoms with Gasteiger partial charge in [0, 0.05) is 6.54 Å². The molecule has 0 fully saturated rings. The van der Waals surface area contributed by atoms with E-state index < -0.39 is 0 Å². The van der Waals surface area contributed by atoms with Gasteiger partial charge in [-0.05, 0) is 30.0 Å². The number of rotatable bonds is 1. The van der Waals surface area contributed by atoms with Gasteiger partial charge < -0.3 is 15.6 Å². The number of nitrogen functional groups attached to an aromatic ring is 1. The Balaban J connectivity index is 2.37. The van der Waals surface area contributed by atoms with Crippen molar-refractivity contribution < 1.29 is 4.52 Å². The standard InChI is InChI=1S/C12H16N4O/c1-6(2)10-7-3-4-14-5-8(7)9-11(13)16-17-12(9)15-10/h6,14H,3-5H2,1-2H3,(H2,13,16). The molecule has 3 rings (SSSR count). The summed E-state index contributed by atoms with van der Waals surface area (Å²) in [4.78, 5) is 4.57. The molecule has 1 aliphatic rings. The first-order valence-corrected chi connectivity index (χ1v) is 5.95. The molecule has 0 amide bonds. The molecule has 2 aromatic heterocycles. The fraction of sp³-hybridized carbons (Fsp3) is 0.500. The van der Waals surface area contributed by atoms with Crippen molar-refractivity contribution in [3.05, 3.63) is 16.8 Å². The van der Waals surface area contributed by atoms with Crippen molar-refractivity contribution in [3.8, 4) is 0 Å². The van der Waals surface area contributed by atoms with Gasteiger partial charge in [-0.25, -0.2) is 4.98 Å². The molecule has 90 valence electrons. The summed E-state index contributed by atoms with van der Waals surface area (Å²) in [6.07, 6.45) is 0.996. The Labute approximate surface area is 99.4 Å². The van der Waals surface area contributed by atoms with E-state index >= 15 is 0 Å². The first kappa shape index (κ1) is 10.5. The van der Waals surface area contributed by atoms with E-state index in [2.05, 4.69) is 29.3 Å². The van der Waals surface area contributed by atoms with E-state index in [9.17, 15) is 0 Å². The highest BCUT2D eigenvalue weighted by molar-refractivity contribution is 5.89. The van der Waals surface area contributed by atoms with Gasteiger partial charge in [0.25, 0.3) is 5.71 Å². The summed E-state index contributed by atoms with van der Waals surface area (Å²) in [5, 5.41) is 8.07. The van der Waals surface area contributed by atoms with Crippen molar-refractivity contribution in [1.82, 2.24) is 15.5 Å². The highest BCUT2D eigenvalue weighted by Gasteiger charge is 2.23. The van der Waals surface area contributed by atoms with Crippen LogP contribution in [0.4, 0.5) is 5.82 Å². The van der Waals surface area contributed by atoms with Gasteiger partial charge in [0.05, 0.1) is 11.1 Å². The lowest BCUT2D eigenvalue weighted by atomic mass is 9.92. The van der Waals surface area contributed by atoms with Gasteiger partial charge in [0.1, 0.15) is 0 Å². The van der Waals surface area contributed by atoms with Crippen LogP contribution in [-0.2, 0) is 13.0 Å². The maximum absolute atomic E-state index is 5.85. The molecule has 5 nitrogen and oxygen atoms in total. The number of anilines is 1. The number of hydrogen-bond acceptors (Lipinski definition) is 5. The van der Waals surface area contributed by atoms with Crippen LogP contribution in [0, 0.1) is 0 Å². The van der Waals surface area contributed by atoms with E-state index in [1.165, 1.54) is 11.1 Å². The fourth-order valence-electron chi connectivity index (χ4n) is 2.51. The lowest BCUT2D eigenvalue weighted by Gasteiger charge is -2.21. The van der Waals surface area contributed by atoms with Crippen LogP contribution in [0.25, 0.3) is 11.1 Å². The normalized spacial score (nSPS) is 15.5. The predicted octanol–water partition coefficient (Wildman–Crippen LogP) is 1.57. The van der Waals surface area contributed by atoms with E-state index in [1.54, 1.807) is 0 Å². The van der Waals surface area contributed by atoms with Crippen LogP contribution in [0.1, 0.15) is 36.6 Å². The molecule has 0 atom stereocenters. The average molecular weight is 232 g/mol. The Hall–Kier alpha value is -1.62. The van der Waals surface area contributed by atoms with Crippen LogP contribution in [0.3, 0.4) is 0 Å². The number of pyridine rings is 1. The molecular formula is C12H16N4O. The highest BCUT2D eigenvalue weighted by atomic mass is 16.5. The smallest absolute Gasteiger partial charge is 0.260 e. The van der Waals surface area contributed by atoms with Gasteiger partial charge in [-0.1, -0.05) is 19.0 Å². The third kappa shape index (κ3) is 1.50. The Morgan fingerprint density at radius 1 is 1.35 bits per heavy atom. The maximum atomic E-state index is 5.85. The first-order chi connectivity index (χ1) is 8.18. The second kappa shape index (κ2) is 3.70. The number of hydrogen-bond donors (Lipinski definition) is 2. The minimum Gasteiger partial charge on any atom is -0.380 e. The number of aromatic nitrogens is 2. The van der Waals surface area contributed by atoms with E-state index in [0.29, 0.717) is 17.4 Å². The SMILES string of the molecule is CC(C)c1nc2onc(N)c2c2c1CCNC2. The molecule has 0 aromatic carbocycles. The third-order valence-corrected chi connectivity index (χ3v) is 3.30. The van der Waals surface area contributed by atoms with Crippen LogP contribution in [0.5, 0.6) is 0 Å². The predicted molar refractivity (Wildman–Crippen MR) is 65.7 cm³/mol. The van der Waals surface area contributed by atoms with Crippen molar-refractivity contribution in [3.63, 3.8) is 0 Å². The topological polar surface area (TPSA) is 77.0 Å². The van der Waals surface area contributed by atoms with Gasteiger partial charge in [0.2, 0.25) is 0 Å². The number of nitrogens with two attached hydrogens (primary N) is 1. The summed E-state index contributed by atoms with van der Waals surface area (Å²) >= 11 is 0. The molecule has 0 saturated heterocycles. The number of nitrogens with zero attached hydrogens (tertiary/aromatic N) is 2. The molecule has 17 heavy (non-hydrogen) atoms.